The van der Waals surface area contributed by atoms with Gasteiger partial charge < -0.3 is 19.3 Å². The molecule has 0 saturated heterocycles. The largest absolute Gasteiger partial charge is 0.493 e. The quantitative estimate of drug-likeness (QED) is 0.771. The van der Waals surface area contributed by atoms with Crippen LogP contribution in [0.1, 0.15) is 24.5 Å². The Morgan fingerprint density at radius 1 is 1.12 bits per heavy atom. The van der Waals surface area contributed by atoms with Crippen LogP contribution < -0.4 is 14.8 Å². The molecule has 0 atom stereocenters. The predicted molar refractivity (Wildman–Crippen MR) is 89.9 cm³/mol. The molecule has 2 aromatic rings. The summed E-state index contributed by atoms with van der Waals surface area (Å²) in [7, 11) is -4.35. The summed E-state index contributed by atoms with van der Waals surface area (Å²) in [5.41, 5.74) is 1.03. The van der Waals surface area contributed by atoms with Crippen molar-refractivity contribution in [3.8, 4) is 17.2 Å². The molecule has 2 aromatic carbocycles. The number of halogens is 1. The summed E-state index contributed by atoms with van der Waals surface area (Å²) in [5.74, 6) is 0.246. The first-order valence-corrected chi connectivity index (χ1v) is 9.11. The van der Waals surface area contributed by atoms with E-state index in [0.29, 0.717) is 29.2 Å². The topological polar surface area (TPSA) is 76.0 Å². The van der Waals surface area contributed by atoms with Gasteiger partial charge in [-0.25, -0.2) is 4.39 Å². The van der Waals surface area contributed by atoms with Gasteiger partial charge in [0.15, 0.2) is 11.6 Å². The highest BCUT2D eigenvalue weighted by Gasteiger charge is 2.20. The molecule has 0 unspecified atom stereocenters. The Morgan fingerprint density at radius 3 is 2.25 bits per heavy atom. The van der Waals surface area contributed by atoms with Gasteiger partial charge in [0.25, 0.3) is 0 Å². The molecule has 0 radical (unpaired) electrons. The smallest absolute Gasteiger partial charge is 0.356 e. The normalized spacial score (nSPS) is 11.4. The fourth-order valence-corrected chi connectivity index (χ4v) is 2.96. The van der Waals surface area contributed by atoms with Crippen LogP contribution >= 0.6 is 7.60 Å². The number of rotatable bonds is 6. The van der Waals surface area contributed by atoms with Gasteiger partial charge in [0.1, 0.15) is 11.5 Å². The lowest BCUT2D eigenvalue weighted by Crippen LogP contribution is -2.07. The maximum Gasteiger partial charge on any atom is 0.356 e. The van der Waals surface area contributed by atoms with E-state index < -0.39 is 13.4 Å². The van der Waals surface area contributed by atoms with Crippen LogP contribution in [-0.4, -0.2) is 16.4 Å². The molecule has 130 valence electrons. The third kappa shape index (κ3) is 4.35. The SMILES string of the molecule is CCCOc1ccc(Oc2c(C)cc(P(=O)(O)O)cc2C)c(F)c1. The summed E-state index contributed by atoms with van der Waals surface area (Å²) in [4.78, 5) is 18.5. The Hall–Kier alpha value is -1.88. The Kier molecular flexibility index (Phi) is 5.65. The van der Waals surface area contributed by atoms with Gasteiger partial charge >= 0.3 is 7.60 Å². The van der Waals surface area contributed by atoms with Crippen LogP contribution in [0.15, 0.2) is 30.3 Å². The fraction of sp³-hybridized carbons (Fsp3) is 0.294. The Labute approximate surface area is 140 Å². The third-order valence-corrected chi connectivity index (χ3v) is 4.30. The molecule has 0 spiro atoms. The summed E-state index contributed by atoms with van der Waals surface area (Å²) in [6.07, 6.45) is 0.824. The number of benzene rings is 2. The molecule has 0 aliphatic heterocycles. The number of ether oxygens (including phenoxy) is 2. The highest BCUT2D eigenvalue weighted by molar-refractivity contribution is 7.60. The molecular weight excluding hydrogens is 334 g/mol. The van der Waals surface area contributed by atoms with E-state index in [1.807, 2.05) is 6.92 Å². The maximum absolute atomic E-state index is 14.2. The van der Waals surface area contributed by atoms with E-state index in [-0.39, 0.29) is 11.1 Å². The zero-order valence-corrected chi connectivity index (χ0v) is 14.6. The van der Waals surface area contributed by atoms with Crippen molar-refractivity contribution in [1.82, 2.24) is 0 Å². The monoisotopic (exact) mass is 354 g/mol. The van der Waals surface area contributed by atoms with Crippen LogP contribution in [0.2, 0.25) is 0 Å². The lowest BCUT2D eigenvalue weighted by molar-refractivity contribution is 0.314. The highest BCUT2D eigenvalue weighted by atomic mass is 31.2. The molecule has 5 nitrogen and oxygen atoms in total. The number of aryl methyl sites for hydroxylation is 2. The van der Waals surface area contributed by atoms with Crippen LogP contribution in [0, 0.1) is 19.7 Å². The summed E-state index contributed by atoms with van der Waals surface area (Å²) < 4.78 is 36.5. The third-order valence-electron chi connectivity index (χ3n) is 3.37. The van der Waals surface area contributed by atoms with Gasteiger partial charge in [-0.1, -0.05) is 6.92 Å². The molecule has 2 rings (SSSR count). The van der Waals surface area contributed by atoms with Gasteiger partial charge in [0, 0.05) is 6.07 Å². The molecule has 0 aliphatic rings. The second-order valence-corrected chi connectivity index (χ2v) is 7.10. The Bertz CT molecular complexity index is 762. The zero-order valence-electron chi connectivity index (χ0n) is 13.7. The average Bonchev–Trinajstić information content (AvgIpc) is 2.49. The summed E-state index contributed by atoms with van der Waals surface area (Å²) >= 11 is 0. The van der Waals surface area contributed by atoms with E-state index in [1.165, 1.54) is 24.3 Å². The molecule has 0 amide bonds. The van der Waals surface area contributed by atoms with Crippen molar-refractivity contribution >= 4 is 12.9 Å². The van der Waals surface area contributed by atoms with Crippen molar-refractivity contribution in [3.63, 3.8) is 0 Å². The minimum atomic E-state index is -4.35. The number of hydrogen-bond donors (Lipinski definition) is 2. The standard InChI is InChI=1S/C17H20FO5P/c1-4-7-22-13-5-6-16(15(18)10-13)23-17-11(2)8-14(9-12(17)3)24(19,20)21/h5-6,8-10H,4,7H2,1-3H3,(H2,19,20,21). The van der Waals surface area contributed by atoms with E-state index in [0.717, 1.165) is 6.42 Å². The van der Waals surface area contributed by atoms with Gasteiger partial charge in [-0.05, 0) is 55.7 Å². The van der Waals surface area contributed by atoms with Gasteiger partial charge in [-0.3, -0.25) is 4.57 Å². The van der Waals surface area contributed by atoms with E-state index in [4.69, 9.17) is 9.47 Å². The second-order valence-electron chi connectivity index (χ2n) is 5.50. The van der Waals surface area contributed by atoms with Crippen LogP contribution in [-0.2, 0) is 4.57 Å². The Morgan fingerprint density at radius 2 is 1.75 bits per heavy atom. The van der Waals surface area contributed by atoms with Crippen molar-refractivity contribution in [1.29, 1.82) is 0 Å². The van der Waals surface area contributed by atoms with E-state index in [1.54, 1.807) is 19.9 Å². The van der Waals surface area contributed by atoms with Crippen molar-refractivity contribution in [2.45, 2.75) is 27.2 Å². The van der Waals surface area contributed by atoms with E-state index in [9.17, 15) is 18.7 Å². The average molecular weight is 354 g/mol. The zero-order chi connectivity index (χ0) is 17.9. The van der Waals surface area contributed by atoms with Crippen molar-refractivity contribution in [2.24, 2.45) is 0 Å². The summed E-state index contributed by atoms with van der Waals surface area (Å²) in [5, 5.41) is -0.0892. The lowest BCUT2D eigenvalue weighted by atomic mass is 10.1. The first-order chi connectivity index (χ1) is 11.2. The van der Waals surface area contributed by atoms with Crippen LogP contribution in [0.4, 0.5) is 4.39 Å². The molecule has 24 heavy (non-hydrogen) atoms. The maximum atomic E-state index is 14.2. The summed E-state index contributed by atoms with van der Waals surface area (Å²) in [6.45, 7) is 5.76. The minimum Gasteiger partial charge on any atom is -0.493 e. The van der Waals surface area contributed by atoms with Gasteiger partial charge in [0.05, 0.1) is 11.9 Å². The van der Waals surface area contributed by atoms with E-state index >= 15 is 0 Å². The molecule has 0 heterocycles. The molecule has 0 aromatic heterocycles. The van der Waals surface area contributed by atoms with E-state index in [2.05, 4.69) is 0 Å². The molecule has 7 heteroatoms. The fourth-order valence-electron chi connectivity index (χ4n) is 2.24. The molecular formula is C17H20FO5P. The minimum absolute atomic E-state index is 0.0222. The van der Waals surface area contributed by atoms with Crippen LogP contribution in [0.3, 0.4) is 0 Å². The number of hydrogen-bond acceptors (Lipinski definition) is 3. The van der Waals surface area contributed by atoms with Crippen molar-refractivity contribution < 1.29 is 28.2 Å². The lowest BCUT2D eigenvalue weighted by Gasteiger charge is -2.15. The summed E-state index contributed by atoms with van der Waals surface area (Å²) in [6, 6.07) is 7.03. The second kappa shape index (κ2) is 7.34. The first kappa shape index (κ1) is 18.5. The van der Waals surface area contributed by atoms with Gasteiger partial charge in [-0.2, -0.15) is 0 Å². The molecule has 2 N–H and O–H groups in total. The van der Waals surface area contributed by atoms with Gasteiger partial charge in [0.2, 0.25) is 0 Å². The Balaban J connectivity index is 2.30. The molecule has 0 fully saturated rings. The molecule has 0 saturated carbocycles. The van der Waals surface area contributed by atoms with Crippen LogP contribution in [0.25, 0.3) is 0 Å². The molecule has 0 aliphatic carbocycles. The highest BCUT2D eigenvalue weighted by Crippen LogP contribution is 2.37. The predicted octanol–water partition coefficient (Wildman–Crippen LogP) is 3.83. The van der Waals surface area contributed by atoms with Crippen molar-refractivity contribution in [2.75, 3.05) is 6.61 Å². The molecule has 0 bridgehead atoms. The van der Waals surface area contributed by atoms with Crippen molar-refractivity contribution in [3.05, 3.63) is 47.3 Å². The van der Waals surface area contributed by atoms with Gasteiger partial charge in [-0.15, -0.1) is 0 Å². The first-order valence-electron chi connectivity index (χ1n) is 7.50. The van der Waals surface area contributed by atoms with Crippen LogP contribution in [0.5, 0.6) is 17.2 Å².